The fourth-order valence-electron chi connectivity index (χ4n) is 2.75. The van der Waals surface area contributed by atoms with E-state index in [-0.39, 0.29) is 17.6 Å². The number of morpholine rings is 1. The van der Waals surface area contributed by atoms with Crippen LogP contribution in [0, 0.1) is 5.82 Å². The highest BCUT2D eigenvalue weighted by molar-refractivity contribution is 5.95. The highest BCUT2D eigenvalue weighted by Crippen LogP contribution is 2.32. The van der Waals surface area contributed by atoms with Gasteiger partial charge in [-0.15, -0.1) is 0 Å². The van der Waals surface area contributed by atoms with Gasteiger partial charge in [-0.3, -0.25) is 9.78 Å². The summed E-state index contributed by atoms with van der Waals surface area (Å²) in [6.07, 6.45) is 1.42. The lowest BCUT2D eigenvalue weighted by Crippen LogP contribution is -2.40. The number of pyridine rings is 1. The zero-order valence-electron chi connectivity index (χ0n) is 14.4. The maximum atomic E-state index is 14.4. The molecule has 25 heavy (non-hydrogen) atoms. The number of hydrogen-bond acceptors (Lipinski definition) is 4. The van der Waals surface area contributed by atoms with Gasteiger partial charge in [0.2, 0.25) is 0 Å². The third kappa shape index (κ3) is 3.96. The van der Waals surface area contributed by atoms with Crippen molar-refractivity contribution in [1.29, 1.82) is 0 Å². The summed E-state index contributed by atoms with van der Waals surface area (Å²) in [5.41, 5.74) is 1.13. The zero-order chi connectivity index (χ0) is 17.8. The second-order valence-corrected chi connectivity index (χ2v) is 6.11. The molecule has 0 atom stereocenters. The fourth-order valence-corrected chi connectivity index (χ4v) is 2.75. The topological polar surface area (TPSA) is 51.7 Å². The molecule has 6 heteroatoms. The predicted molar refractivity (Wildman–Crippen MR) is 92.1 cm³/mol. The van der Waals surface area contributed by atoms with E-state index < -0.39 is 5.82 Å². The van der Waals surface area contributed by atoms with Gasteiger partial charge in [0.15, 0.2) is 0 Å². The van der Waals surface area contributed by atoms with Crippen LogP contribution < -0.4 is 4.74 Å². The molecule has 1 aromatic carbocycles. The minimum absolute atomic E-state index is 0.0984. The van der Waals surface area contributed by atoms with Crippen LogP contribution in [0.5, 0.6) is 5.75 Å². The van der Waals surface area contributed by atoms with E-state index in [1.807, 2.05) is 13.8 Å². The van der Waals surface area contributed by atoms with E-state index >= 15 is 0 Å². The van der Waals surface area contributed by atoms with Crippen molar-refractivity contribution < 1.29 is 18.7 Å². The largest absolute Gasteiger partial charge is 0.490 e. The van der Waals surface area contributed by atoms with Gasteiger partial charge >= 0.3 is 0 Å². The van der Waals surface area contributed by atoms with Crippen molar-refractivity contribution in [3.63, 3.8) is 0 Å². The number of hydrogen-bond donors (Lipinski definition) is 0. The van der Waals surface area contributed by atoms with Gasteiger partial charge in [0.25, 0.3) is 5.91 Å². The summed E-state index contributed by atoms with van der Waals surface area (Å²) in [6, 6.07) is 7.92. The Morgan fingerprint density at radius 3 is 2.76 bits per heavy atom. The minimum Gasteiger partial charge on any atom is -0.490 e. The minimum atomic E-state index is -0.429. The standard InChI is InChI=1S/C19H21FN2O3/c1-13(2)25-17-5-3-4-15(20)18(17)16-12-14(6-7-21-16)19(23)22-8-10-24-11-9-22/h3-7,12-13H,8-11H2,1-2H3. The number of nitrogens with zero attached hydrogens (tertiary/aromatic N) is 2. The Balaban J connectivity index is 1.95. The van der Waals surface area contributed by atoms with Gasteiger partial charge in [-0.1, -0.05) is 6.07 Å². The molecule has 0 bridgehead atoms. The quantitative estimate of drug-likeness (QED) is 0.855. The fraction of sp³-hybridized carbons (Fsp3) is 0.368. The highest BCUT2D eigenvalue weighted by atomic mass is 19.1. The molecule has 1 aliphatic rings. The van der Waals surface area contributed by atoms with E-state index in [4.69, 9.17) is 9.47 Å². The molecule has 1 aliphatic heterocycles. The molecule has 0 spiro atoms. The molecule has 1 saturated heterocycles. The molecule has 3 rings (SSSR count). The summed E-state index contributed by atoms with van der Waals surface area (Å²) >= 11 is 0. The van der Waals surface area contributed by atoms with Crippen molar-refractivity contribution in [2.24, 2.45) is 0 Å². The van der Waals surface area contributed by atoms with Crippen molar-refractivity contribution in [2.75, 3.05) is 26.3 Å². The summed E-state index contributed by atoms with van der Waals surface area (Å²) in [4.78, 5) is 18.6. The number of rotatable bonds is 4. The van der Waals surface area contributed by atoms with Crippen LogP contribution in [-0.2, 0) is 4.74 Å². The van der Waals surface area contributed by atoms with Crippen LogP contribution in [0.15, 0.2) is 36.5 Å². The lowest BCUT2D eigenvalue weighted by atomic mass is 10.1. The van der Waals surface area contributed by atoms with Crippen LogP contribution in [0.25, 0.3) is 11.3 Å². The SMILES string of the molecule is CC(C)Oc1cccc(F)c1-c1cc(C(=O)N2CCOCC2)ccn1. The third-order valence-electron chi connectivity index (χ3n) is 3.90. The van der Waals surface area contributed by atoms with E-state index in [2.05, 4.69) is 4.98 Å². The van der Waals surface area contributed by atoms with Crippen molar-refractivity contribution >= 4 is 5.91 Å². The molecule has 0 aliphatic carbocycles. The van der Waals surface area contributed by atoms with Gasteiger partial charge in [-0.2, -0.15) is 0 Å². The zero-order valence-corrected chi connectivity index (χ0v) is 14.4. The highest BCUT2D eigenvalue weighted by Gasteiger charge is 2.21. The number of aromatic nitrogens is 1. The summed E-state index contributed by atoms with van der Waals surface area (Å²) in [7, 11) is 0. The Kier molecular flexibility index (Phi) is 5.28. The monoisotopic (exact) mass is 344 g/mol. The van der Waals surface area contributed by atoms with Gasteiger partial charge in [0.1, 0.15) is 11.6 Å². The van der Waals surface area contributed by atoms with Crippen molar-refractivity contribution in [1.82, 2.24) is 9.88 Å². The Hall–Kier alpha value is -2.47. The summed E-state index contributed by atoms with van der Waals surface area (Å²) in [5.74, 6) is -0.116. The molecule has 1 amide bonds. The Labute approximate surface area is 146 Å². The normalized spacial score (nSPS) is 14.6. The molecule has 1 aromatic heterocycles. The molecule has 1 fully saturated rings. The number of amides is 1. The van der Waals surface area contributed by atoms with Crippen LogP contribution in [0.1, 0.15) is 24.2 Å². The van der Waals surface area contributed by atoms with Crippen molar-refractivity contribution in [2.45, 2.75) is 20.0 Å². The summed E-state index contributed by atoms with van der Waals surface area (Å²) in [5, 5.41) is 0. The molecule has 5 nitrogen and oxygen atoms in total. The maximum absolute atomic E-state index is 14.4. The van der Waals surface area contributed by atoms with E-state index in [9.17, 15) is 9.18 Å². The molecule has 0 unspecified atom stereocenters. The van der Waals surface area contributed by atoms with E-state index in [1.54, 1.807) is 29.2 Å². The molecule has 2 aromatic rings. The lowest BCUT2D eigenvalue weighted by molar-refractivity contribution is 0.0303. The van der Waals surface area contributed by atoms with Crippen LogP contribution >= 0.6 is 0 Å². The molecule has 2 heterocycles. The van der Waals surface area contributed by atoms with Gasteiger partial charge in [-0.05, 0) is 38.1 Å². The summed E-state index contributed by atoms with van der Waals surface area (Å²) in [6.45, 7) is 5.92. The molecular weight excluding hydrogens is 323 g/mol. The average molecular weight is 344 g/mol. The Morgan fingerprint density at radius 2 is 2.04 bits per heavy atom. The van der Waals surface area contributed by atoms with E-state index in [0.717, 1.165) is 0 Å². The first-order chi connectivity index (χ1) is 12.1. The number of ether oxygens (including phenoxy) is 2. The van der Waals surface area contributed by atoms with Gasteiger partial charge in [0, 0.05) is 24.8 Å². The first-order valence-electron chi connectivity index (χ1n) is 8.35. The van der Waals surface area contributed by atoms with Crippen molar-refractivity contribution in [3.8, 4) is 17.0 Å². The van der Waals surface area contributed by atoms with Crippen LogP contribution in [0.2, 0.25) is 0 Å². The van der Waals surface area contributed by atoms with Gasteiger partial charge in [-0.25, -0.2) is 4.39 Å². The first kappa shape index (κ1) is 17.4. The van der Waals surface area contributed by atoms with Crippen LogP contribution in [-0.4, -0.2) is 48.2 Å². The molecule has 0 N–H and O–H groups in total. The molecule has 0 saturated carbocycles. The van der Waals surface area contributed by atoms with Gasteiger partial charge < -0.3 is 14.4 Å². The van der Waals surface area contributed by atoms with Crippen LogP contribution in [0.3, 0.4) is 0 Å². The van der Waals surface area contributed by atoms with Gasteiger partial charge in [0.05, 0.1) is 30.6 Å². The third-order valence-corrected chi connectivity index (χ3v) is 3.90. The Morgan fingerprint density at radius 1 is 1.28 bits per heavy atom. The number of carbonyl (C=O) groups is 1. The smallest absolute Gasteiger partial charge is 0.254 e. The Bertz CT molecular complexity index is 758. The van der Waals surface area contributed by atoms with E-state index in [0.29, 0.717) is 43.3 Å². The second kappa shape index (κ2) is 7.61. The molecule has 0 radical (unpaired) electrons. The average Bonchev–Trinajstić information content (AvgIpc) is 2.61. The number of carbonyl (C=O) groups excluding carboxylic acids is 1. The molecule has 132 valence electrons. The number of benzene rings is 1. The lowest BCUT2D eigenvalue weighted by Gasteiger charge is -2.27. The molecular formula is C19H21FN2O3. The predicted octanol–water partition coefficient (Wildman–Crippen LogP) is 3.15. The number of halogens is 1. The van der Waals surface area contributed by atoms with E-state index in [1.165, 1.54) is 12.3 Å². The summed E-state index contributed by atoms with van der Waals surface area (Å²) < 4.78 is 25.4. The maximum Gasteiger partial charge on any atom is 0.254 e. The van der Waals surface area contributed by atoms with Crippen molar-refractivity contribution in [3.05, 3.63) is 47.9 Å². The second-order valence-electron chi connectivity index (χ2n) is 6.11. The van der Waals surface area contributed by atoms with Crippen LogP contribution in [0.4, 0.5) is 4.39 Å². The first-order valence-corrected chi connectivity index (χ1v) is 8.35.